The smallest absolute Gasteiger partial charge is 0.269 e. The van der Waals surface area contributed by atoms with Crippen molar-refractivity contribution < 1.29 is 14.5 Å². The molecule has 9 heteroatoms. The van der Waals surface area contributed by atoms with Crippen molar-refractivity contribution in [2.75, 3.05) is 51.2 Å². The fourth-order valence-electron chi connectivity index (χ4n) is 5.89. The molecular formula is C27H33N5O4. The van der Waals surface area contributed by atoms with Crippen LogP contribution in [0.5, 0.6) is 0 Å². The Morgan fingerprint density at radius 3 is 2.53 bits per heavy atom. The van der Waals surface area contributed by atoms with E-state index in [1.807, 2.05) is 48.3 Å². The molecule has 2 unspecified atom stereocenters. The Morgan fingerprint density at radius 2 is 1.81 bits per heavy atom. The van der Waals surface area contributed by atoms with Crippen LogP contribution < -0.4 is 4.90 Å². The number of nitrogens with zero attached hydrogens (tertiary/aromatic N) is 5. The van der Waals surface area contributed by atoms with Crippen molar-refractivity contribution in [3.8, 4) is 0 Å². The molecule has 2 amide bonds. The van der Waals surface area contributed by atoms with Crippen molar-refractivity contribution >= 4 is 23.2 Å². The second kappa shape index (κ2) is 10.3. The van der Waals surface area contributed by atoms with Crippen LogP contribution in [0.2, 0.25) is 0 Å². The van der Waals surface area contributed by atoms with Gasteiger partial charge >= 0.3 is 0 Å². The lowest BCUT2D eigenvalue weighted by Gasteiger charge is -2.49. The number of hydrogen-bond donors (Lipinski definition) is 0. The van der Waals surface area contributed by atoms with Crippen LogP contribution in [-0.4, -0.2) is 83.8 Å². The summed E-state index contributed by atoms with van der Waals surface area (Å²) in [4.78, 5) is 45.8. The minimum absolute atomic E-state index is 0.0266. The highest BCUT2D eigenvalue weighted by Crippen LogP contribution is 2.38. The first-order chi connectivity index (χ1) is 17.4. The van der Waals surface area contributed by atoms with E-state index in [1.165, 1.54) is 0 Å². The fraction of sp³-hybridized carbons (Fsp3) is 0.481. The number of anilines is 1. The topological polar surface area (TPSA) is 90.2 Å². The van der Waals surface area contributed by atoms with E-state index >= 15 is 0 Å². The van der Waals surface area contributed by atoms with Gasteiger partial charge in [0.1, 0.15) is 0 Å². The number of fused-ring (bicyclic) bond motifs is 3. The average molecular weight is 492 g/mol. The van der Waals surface area contributed by atoms with Gasteiger partial charge in [-0.15, -0.1) is 0 Å². The molecule has 2 aromatic rings. The van der Waals surface area contributed by atoms with E-state index in [-0.39, 0.29) is 34.4 Å². The monoisotopic (exact) mass is 491 g/mol. The molecule has 2 atom stereocenters. The van der Waals surface area contributed by atoms with Gasteiger partial charge in [0.05, 0.1) is 23.4 Å². The van der Waals surface area contributed by atoms with Crippen molar-refractivity contribution in [1.29, 1.82) is 0 Å². The van der Waals surface area contributed by atoms with Crippen molar-refractivity contribution in [3.63, 3.8) is 0 Å². The second-order valence-electron chi connectivity index (χ2n) is 10.1. The zero-order valence-corrected chi connectivity index (χ0v) is 20.7. The lowest BCUT2D eigenvalue weighted by atomic mass is 9.82. The van der Waals surface area contributed by atoms with Crippen LogP contribution in [0.4, 0.5) is 11.4 Å². The highest BCUT2D eigenvalue weighted by molar-refractivity contribution is 5.82. The van der Waals surface area contributed by atoms with Crippen molar-refractivity contribution in [2.24, 2.45) is 5.92 Å². The maximum atomic E-state index is 13.8. The predicted molar refractivity (Wildman–Crippen MR) is 137 cm³/mol. The van der Waals surface area contributed by atoms with Gasteiger partial charge in [0.15, 0.2) is 0 Å². The van der Waals surface area contributed by atoms with Gasteiger partial charge in [-0.3, -0.25) is 24.6 Å². The highest BCUT2D eigenvalue weighted by atomic mass is 16.6. The average Bonchev–Trinajstić information content (AvgIpc) is 3.43. The number of piperazine rings is 1. The molecule has 0 saturated carbocycles. The minimum Gasteiger partial charge on any atom is -0.365 e. The normalized spacial score (nSPS) is 21.6. The van der Waals surface area contributed by atoms with E-state index in [1.54, 1.807) is 17.0 Å². The first kappa shape index (κ1) is 24.2. The molecule has 3 aliphatic rings. The maximum absolute atomic E-state index is 13.8. The third-order valence-corrected chi connectivity index (χ3v) is 7.76. The molecule has 2 aromatic carbocycles. The number of carbonyl (C=O) groups excluding carboxylic acids is 2. The second-order valence-corrected chi connectivity index (χ2v) is 10.1. The lowest BCUT2D eigenvalue weighted by molar-refractivity contribution is -0.384. The van der Waals surface area contributed by atoms with Gasteiger partial charge in [0, 0.05) is 64.1 Å². The summed E-state index contributed by atoms with van der Waals surface area (Å²) in [7, 11) is 1.82. The van der Waals surface area contributed by atoms with E-state index in [0.29, 0.717) is 39.1 Å². The quantitative estimate of drug-likeness (QED) is 0.456. The van der Waals surface area contributed by atoms with Gasteiger partial charge in [0.2, 0.25) is 11.8 Å². The third-order valence-electron chi connectivity index (χ3n) is 7.76. The Kier molecular flexibility index (Phi) is 6.91. The SMILES string of the molecule is CN(Cc1ccccc1)C(=O)C1Cc2cc([N+](=O)[O-])ccc2N2CCN(CC(=O)N3CCCC3)CC12. The van der Waals surface area contributed by atoms with Crippen molar-refractivity contribution in [3.05, 3.63) is 69.8 Å². The van der Waals surface area contributed by atoms with Crippen LogP contribution in [0, 0.1) is 16.0 Å². The van der Waals surface area contributed by atoms with E-state index in [4.69, 9.17) is 0 Å². The van der Waals surface area contributed by atoms with E-state index in [2.05, 4.69) is 9.80 Å². The molecule has 36 heavy (non-hydrogen) atoms. The summed E-state index contributed by atoms with van der Waals surface area (Å²) in [5.74, 6) is -0.159. The molecule has 0 aliphatic carbocycles. The van der Waals surface area contributed by atoms with Gasteiger partial charge in [-0.1, -0.05) is 30.3 Å². The van der Waals surface area contributed by atoms with Crippen molar-refractivity contribution in [1.82, 2.24) is 14.7 Å². The van der Waals surface area contributed by atoms with E-state index in [9.17, 15) is 19.7 Å². The molecule has 190 valence electrons. The number of amides is 2. The zero-order valence-electron chi connectivity index (χ0n) is 20.7. The highest BCUT2D eigenvalue weighted by Gasteiger charge is 2.43. The summed E-state index contributed by atoms with van der Waals surface area (Å²) < 4.78 is 0. The number of hydrogen-bond acceptors (Lipinski definition) is 6. The molecule has 0 bridgehead atoms. The first-order valence-electron chi connectivity index (χ1n) is 12.7. The van der Waals surface area contributed by atoms with Crippen LogP contribution in [0.3, 0.4) is 0 Å². The van der Waals surface area contributed by atoms with E-state index in [0.717, 1.165) is 42.7 Å². The Balaban J connectivity index is 1.39. The number of nitro benzene ring substituents is 1. The van der Waals surface area contributed by atoms with E-state index < -0.39 is 0 Å². The summed E-state index contributed by atoms with van der Waals surface area (Å²) in [5.41, 5.74) is 2.91. The van der Waals surface area contributed by atoms with Gasteiger partial charge in [-0.05, 0) is 36.5 Å². The number of rotatable bonds is 6. The molecule has 0 spiro atoms. The van der Waals surface area contributed by atoms with Crippen LogP contribution in [0.25, 0.3) is 0 Å². The van der Waals surface area contributed by atoms with Crippen LogP contribution >= 0.6 is 0 Å². The molecule has 3 aliphatic heterocycles. The number of benzene rings is 2. The molecule has 2 fully saturated rings. The summed E-state index contributed by atoms with van der Waals surface area (Å²) in [5, 5.41) is 11.4. The first-order valence-corrected chi connectivity index (χ1v) is 12.7. The summed E-state index contributed by atoms with van der Waals surface area (Å²) >= 11 is 0. The third kappa shape index (κ3) is 4.93. The van der Waals surface area contributed by atoms with Gasteiger partial charge in [-0.25, -0.2) is 0 Å². The standard InChI is InChI=1S/C27H33N5O4/c1-28(17-20-7-3-2-4-8-20)27(34)23-16-21-15-22(32(35)36)9-10-24(21)31-14-13-29(18-25(23)31)19-26(33)30-11-5-6-12-30/h2-4,7-10,15,23,25H,5-6,11-14,16-19H2,1H3. The molecule has 9 nitrogen and oxygen atoms in total. The predicted octanol–water partition coefficient (Wildman–Crippen LogP) is 2.54. The molecule has 5 rings (SSSR count). The Labute approximate surface area is 211 Å². The maximum Gasteiger partial charge on any atom is 0.269 e. The van der Waals surface area contributed by atoms with Crippen LogP contribution in [0.15, 0.2) is 48.5 Å². The number of non-ortho nitro benzene ring substituents is 1. The summed E-state index contributed by atoms with van der Waals surface area (Å²) in [6.07, 6.45) is 2.58. The van der Waals surface area contributed by atoms with Crippen LogP contribution in [0.1, 0.15) is 24.0 Å². The summed E-state index contributed by atoms with van der Waals surface area (Å²) in [6, 6.07) is 14.8. The number of nitro groups is 1. The zero-order chi connectivity index (χ0) is 25.2. The largest absolute Gasteiger partial charge is 0.365 e. The number of likely N-dealkylation sites (tertiary alicyclic amines) is 1. The van der Waals surface area contributed by atoms with Crippen LogP contribution in [-0.2, 0) is 22.6 Å². The van der Waals surface area contributed by atoms with Gasteiger partial charge in [0.25, 0.3) is 5.69 Å². The minimum atomic E-state index is -0.382. The molecule has 3 heterocycles. The molecule has 0 N–H and O–H groups in total. The lowest BCUT2D eigenvalue weighted by Crippen LogP contribution is -2.62. The summed E-state index contributed by atoms with van der Waals surface area (Å²) in [6.45, 7) is 4.55. The molecule has 2 saturated heterocycles. The molecular weight excluding hydrogens is 458 g/mol. The Hall–Kier alpha value is -3.46. The van der Waals surface area contributed by atoms with Gasteiger partial charge < -0.3 is 14.7 Å². The Morgan fingerprint density at radius 1 is 1.06 bits per heavy atom. The molecule has 0 aromatic heterocycles. The van der Waals surface area contributed by atoms with Gasteiger partial charge in [-0.2, -0.15) is 0 Å². The Bertz CT molecular complexity index is 1130. The number of carbonyl (C=O) groups is 2. The van der Waals surface area contributed by atoms with Crippen molar-refractivity contribution in [2.45, 2.75) is 31.8 Å². The fourth-order valence-corrected chi connectivity index (χ4v) is 5.89. The molecule has 0 radical (unpaired) electrons.